The van der Waals surface area contributed by atoms with E-state index in [0.717, 1.165) is 6.20 Å². The largest absolute Gasteiger partial charge is 0.310 e. The lowest BCUT2D eigenvalue weighted by atomic mass is 10.4. The van der Waals surface area contributed by atoms with Gasteiger partial charge in [-0.05, 0) is 12.1 Å². The maximum absolute atomic E-state index is 12.3. The molecule has 1 amide bonds. The van der Waals surface area contributed by atoms with Gasteiger partial charge in [-0.1, -0.05) is 0 Å². The molecule has 1 rings (SSSR count). The van der Waals surface area contributed by atoms with Crippen molar-refractivity contribution in [1.82, 2.24) is 4.98 Å². The molecule has 1 heterocycles. The third kappa shape index (κ3) is 4.05. The summed E-state index contributed by atoms with van der Waals surface area (Å²) in [5.74, 6) is -0.657. The van der Waals surface area contributed by atoms with Crippen molar-refractivity contribution < 1.29 is 9.18 Å². The average Bonchev–Trinajstić information content (AvgIpc) is 2.09. The highest BCUT2D eigenvalue weighted by molar-refractivity contribution is 6.28. The molecule has 1 aromatic rings. The number of aromatic nitrogens is 1. The van der Waals surface area contributed by atoms with Gasteiger partial charge in [-0.2, -0.15) is 0 Å². The molecule has 0 aliphatic carbocycles. The summed E-state index contributed by atoms with van der Waals surface area (Å²) in [6, 6.07) is 2.57. The standard InChI is InChI=1S/C7H6ClFN2O.ClH/c8-3-7(12)11-6-2-1-5(9)4-10-6;/h1-2,4H,3H2,(H,10,11,12);1H. The second-order valence-corrected chi connectivity index (χ2v) is 2.31. The van der Waals surface area contributed by atoms with E-state index < -0.39 is 5.82 Å². The van der Waals surface area contributed by atoms with Gasteiger partial charge in [0.2, 0.25) is 5.91 Å². The Labute approximate surface area is 85.7 Å². The topological polar surface area (TPSA) is 42.0 Å². The molecule has 0 fully saturated rings. The van der Waals surface area contributed by atoms with E-state index in [-0.39, 0.29) is 24.2 Å². The minimum absolute atomic E-state index is 0. The fourth-order valence-corrected chi connectivity index (χ4v) is 0.693. The number of hydrogen-bond acceptors (Lipinski definition) is 2. The molecule has 0 spiro atoms. The Kier molecular flexibility index (Phi) is 5.34. The van der Waals surface area contributed by atoms with Gasteiger partial charge >= 0.3 is 0 Å². The van der Waals surface area contributed by atoms with Crippen LogP contribution in [-0.4, -0.2) is 16.8 Å². The molecule has 0 atom stereocenters. The van der Waals surface area contributed by atoms with Gasteiger partial charge in [-0.25, -0.2) is 9.37 Å². The lowest BCUT2D eigenvalue weighted by Crippen LogP contribution is -2.13. The van der Waals surface area contributed by atoms with E-state index >= 15 is 0 Å². The van der Waals surface area contributed by atoms with Crippen LogP contribution in [0.15, 0.2) is 18.3 Å². The van der Waals surface area contributed by atoms with E-state index in [2.05, 4.69) is 10.3 Å². The van der Waals surface area contributed by atoms with Crippen molar-refractivity contribution in [2.75, 3.05) is 11.2 Å². The van der Waals surface area contributed by atoms with Crippen LogP contribution >= 0.6 is 24.0 Å². The monoisotopic (exact) mass is 224 g/mol. The molecule has 0 aromatic carbocycles. The molecular weight excluding hydrogens is 218 g/mol. The number of amides is 1. The Morgan fingerprint density at radius 2 is 2.31 bits per heavy atom. The second kappa shape index (κ2) is 5.72. The number of rotatable bonds is 2. The van der Waals surface area contributed by atoms with Gasteiger partial charge < -0.3 is 5.32 Å². The highest BCUT2D eigenvalue weighted by Crippen LogP contribution is 2.02. The molecule has 1 aromatic heterocycles. The Morgan fingerprint density at radius 3 is 2.77 bits per heavy atom. The molecule has 13 heavy (non-hydrogen) atoms. The van der Waals surface area contributed by atoms with Crippen molar-refractivity contribution in [3.8, 4) is 0 Å². The highest BCUT2D eigenvalue weighted by atomic mass is 35.5. The Bertz CT molecular complexity index is 278. The predicted octanol–water partition coefficient (Wildman–Crippen LogP) is 1.82. The van der Waals surface area contributed by atoms with E-state index in [1.54, 1.807) is 0 Å². The van der Waals surface area contributed by atoms with Crippen molar-refractivity contribution in [3.63, 3.8) is 0 Å². The third-order valence-corrected chi connectivity index (χ3v) is 1.36. The minimum atomic E-state index is -0.445. The minimum Gasteiger partial charge on any atom is -0.310 e. The van der Waals surface area contributed by atoms with Gasteiger partial charge in [0.1, 0.15) is 17.5 Å². The van der Waals surface area contributed by atoms with Crippen molar-refractivity contribution >= 4 is 35.7 Å². The molecule has 0 radical (unpaired) electrons. The van der Waals surface area contributed by atoms with Crippen LogP contribution in [0.3, 0.4) is 0 Å². The number of pyridine rings is 1. The van der Waals surface area contributed by atoms with Gasteiger partial charge in [0.15, 0.2) is 0 Å². The second-order valence-electron chi connectivity index (χ2n) is 2.04. The maximum Gasteiger partial charge on any atom is 0.240 e. The molecule has 6 heteroatoms. The molecule has 0 saturated heterocycles. The molecule has 0 aliphatic rings. The SMILES string of the molecule is Cl.O=C(CCl)Nc1ccc(F)cn1. The van der Waals surface area contributed by atoms with E-state index in [1.807, 2.05) is 0 Å². The normalized spacial score (nSPS) is 8.77. The van der Waals surface area contributed by atoms with Crippen LogP contribution in [0.5, 0.6) is 0 Å². The van der Waals surface area contributed by atoms with Crippen molar-refractivity contribution in [1.29, 1.82) is 0 Å². The van der Waals surface area contributed by atoms with Gasteiger partial charge in [0.05, 0.1) is 6.20 Å². The van der Waals surface area contributed by atoms with Gasteiger partial charge in [-0.15, -0.1) is 24.0 Å². The summed E-state index contributed by atoms with van der Waals surface area (Å²) in [6.45, 7) is 0. The molecule has 0 saturated carbocycles. The number of anilines is 1. The van der Waals surface area contributed by atoms with Gasteiger partial charge in [0.25, 0.3) is 0 Å². The zero-order valence-electron chi connectivity index (χ0n) is 6.46. The van der Waals surface area contributed by atoms with Crippen LogP contribution < -0.4 is 5.32 Å². The number of carbonyl (C=O) groups excluding carboxylic acids is 1. The maximum atomic E-state index is 12.3. The first-order valence-corrected chi connectivity index (χ1v) is 3.73. The summed E-state index contributed by atoms with van der Waals surface area (Å²) < 4.78 is 12.3. The van der Waals surface area contributed by atoms with E-state index in [0.29, 0.717) is 5.82 Å². The zero-order chi connectivity index (χ0) is 8.97. The number of carbonyl (C=O) groups is 1. The number of hydrogen-bond donors (Lipinski definition) is 1. The van der Waals surface area contributed by atoms with E-state index in [9.17, 15) is 9.18 Å². The molecule has 72 valence electrons. The molecule has 3 nitrogen and oxygen atoms in total. The first-order valence-electron chi connectivity index (χ1n) is 3.20. The zero-order valence-corrected chi connectivity index (χ0v) is 8.03. The number of nitrogens with zero attached hydrogens (tertiary/aromatic N) is 1. The highest BCUT2D eigenvalue weighted by Gasteiger charge is 1.99. The van der Waals surface area contributed by atoms with Crippen LogP contribution in [0.25, 0.3) is 0 Å². The van der Waals surface area contributed by atoms with E-state index in [4.69, 9.17) is 11.6 Å². The van der Waals surface area contributed by atoms with Crippen molar-refractivity contribution in [2.45, 2.75) is 0 Å². The van der Waals surface area contributed by atoms with Gasteiger partial charge in [0, 0.05) is 0 Å². The Hall–Kier alpha value is -0.870. The fourth-order valence-electron chi connectivity index (χ4n) is 0.626. The quantitative estimate of drug-likeness (QED) is 0.780. The predicted molar refractivity (Wildman–Crippen MR) is 50.8 cm³/mol. The molecular formula is C7H7Cl2FN2O. The Balaban J connectivity index is 0.00000144. The number of halogens is 3. The smallest absolute Gasteiger partial charge is 0.240 e. The van der Waals surface area contributed by atoms with Crippen LogP contribution in [0.2, 0.25) is 0 Å². The number of alkyl halides is 1. The molecule has 0 bridgehead atoms. The first-order chi connectivity index (χ1) is 5.72. The van der Waals surface area contributed by atoms with Crippen LogP contribution in [0.4, 0.5) is 10.2 Å². The van der Waals surface area contributed by atoms with Crippen molar-refractivity contribution in [2.24, 2.45) is 0 Å². The summed E-state index contributed by atoms with van der Waals surface area (Å²) >= 11 is 5.22. The molecule has 0 unspecified atom stereocenters. The summed E-state index contributed by atoms with van der Waals surface area (Å²) in [5.41, 5.74) is 0. The van der Waals surface area contributed by atoms with E-state index in [1.165, 1.54) is 12.1 Å². The summed E-state index contributed by atoms with van der Waals surface area (Å²) in [5, 5.41) is 2.37. The summed E-state index contributed by atoms with van der Waals surface area (Å²) in [4.78, 5) is 14.3. The average molecular weight is 225 g/mol. The lowest BCUT2D eigenvalue weighted by Gasteiger charge is -1.99. The lowest BCUT2D eigenvalue weighted by molar-refractivity contribution is -0.113. The molecule has 1 N–H and O–H groups in total. The van der Waals surface area contributed by atoms with Crippen LogP contribution in [0, 0.1) is 5.82 Å². The van der Waals surface area contributed by atoms with Crippen LogP contribution in [0.1, 0.15) is 0 Å². The number of nitrogens with one attached hydrogen (secondary N) is 1. The summed E-state index contributed by atoms with van der Waals surface area (Å²) in [7, 11) is 0. The van der Waals surface area contributed by atoms with Crippen molar-refractivity contribution in [3.05, 3.63) is 24.1 Å². The summed E-state index contributed by atoms with van der Waals surface area (Å²) in [6.07, 6.45) is 1.02. The van der Waals surface area contributed by atoms with Gasteiger partial charge in [-0.3, -0.25) is 4.79 Å². The fraction of sp³-hybridized carbons (Fsp3) is 0.143. The first kappa shape index (κ1) is 12.1. The van der Waals surface area contributed by atoms with Crippen LogP contribution in [-0.2, 0) is 4.79 Å². The molecule has 0 aliphatic heterocycles. The third-order valence-electron chi connectivity index (χ3n) is 1.12. The Morgan fingerprint density at radius 1 is 1.62 bits per heavy atom.